The Labute approximate surface area is 115 Å². The summed E-state index contributed by atoms with van der Waals surface area (Å²) in [6, 6.07) is 10.1. The summed E-state index contributed by atoms with van der Waals surface area (Å²) in [5.41, 5.74) is 6.86. The van der Waals surface area contributed by atoms with E-state index in [-0.39, 0.29) is 17.4 Å². The third kappa shape index (κ3) is 3.35. The number of hydrogen-bond donors (Lipinski definition) is 2. The number of carbonyl (C=O) groups excluding carboxylic acids is 1. The molecule has 0 spiro atoms. The third-order valence-corrected chi connectivity index (χ3v) is 3.81. The maximum Gasteiger partial charge on any atom is 0.230 e. The average molecular weight is 260 g/mol. The van der Waals surface area contributed by atoms with Crippen molar-refractivity contribution >= 4 is 5.91 Å². The lowest BCUT2D eigenvalue weighted by atomic mass is 9.95. The van der Waals surface area contributed by atoms with Crippen LogP contribution in [0.15, 0.2) is 30.3 Å². The fourth-order valence-electron chi connectivity index (χ4n) is 2.61. The summed E-state index contributed by atoms with van der Waals surface area (Å²) < 4.78 is 0. The monoisotopic (exact) mass is 260 g/mol. The molecular weight excluding hydrogens is 236 g/mol. The molecule has 1 saturated carbocycles. The molecule has 104 valence electrons. The van der Waals surface area contributed by atoms with Crippen LogP contribution in [-0.2, 0) is 10.2 Å². The molecule has 1 amide bonds. The largest absolute Gasteiger partial charge is 0.354 e. The smallest absolute Gasteiger partial charge is 0.230 e. The first kappa shape index (κ1) is 14.1. The van der Waals surface area contributed by atoms with E-state index in [1.807, 2.05) is 30.3 Å². The van der Waals surface area contributed by atoms with Gasteiger partial charge in [-0.1, -0.05) is 44.2 Å². The Morgan fingerprint density at radius 3 is 2.47 bits per heavy atom. The molecule has 1 aromatic carbocycles. The molecule has 2 rings (SSSR count). The van der Waals surface area contributed by atoms with Gasteiger partial charge in [0.2, 0.25) is 5.91 Å². The molecule has 0 saturated heterocycles. The van der Waals surface area contributed by atoms with Gasteiger partial charge in [0.15, 0.2) is 0 Å². The van der Waals surface area contributed by atoms with Gasteiger partial charge in [-0.3, -0.25) is 4.79 Å². The summed E-state index contributed by atoms with van der Waals surface area (Å²) in [6.45, 7) is 4.87. The zero-order valence-electron chi connectivity index (χ0n) is 11.9. The normalized spacial score (nSPS) is 18.1. The van der Waals surface area contributed by atoms with Gasteiger partial charge in [-0.25, -0.2) is 0 Å². The topological polar surface area (TPSA) is 55.1 Å². The van der Waals surface area contributed by atoms with E-state index in [4.69, 9.17) is 5.73 Å². The first-order valence-electron chi connectivity index (χ1n) is 7.14. The standard InChI is InChI=1S/C16H24N2O/c1-12(2)10-14(17)11-18-15(19)16(8-9-16)13-6-4-3-5-7-13/h3-7,12,14H,8-11,17H2,1-2H3,(H,18,19). The van der Waals surface area contributed by atoms with Crippen LogP contribution in [-0.4, -0.2) is 18.5 Å². The van der Waals surface area contributed by atoms with Crippen molar-refractivity contribution in [2.45, 2.75) is 44.6 Å². The van der Waals surface area contributed by atoms with Crippen molar-refractivity contribution in [2.75, 3.05) is 6.54 Å². The van der Waals surface area contributed by atoms with Crippen LogP contribution in [0.25, 0.3) is 0 Å². The second-order valence-electron chi connectivity index (χ2n) is 6.05. The molecule has 0 aromatic heterocycles. The Morgan fingerprint density at radius 1 is 1.32 bits per heavy atom. The van der Waals surface area contributed by atoms with Gasteiger partial charge in [0.25, 0.3) is 0 Å². The average Bonchev–Trinajstić information content (AvgIpc) is 3.18. The molecule has 3 heteroatoms. The van der Waals surface area contributed by atoms with Gasteiger partial charge in [0, 0.05) is 12.6 Å². The predicted octanol–water partition coefficient (Wildman–Crippen LogP) is 2.21. The van der Waals surface area contributed by atoms with Crippen LogP contribution in [0.1, 0.15) is 38.7 Å². The fraction of sp³-hybridized carbons (Fsp3) is 0.562. The molecule has 0 bridgehead atoms. The van der Waals surface area contributed by atoms with E-state index in [2.05, 4.69) is 19.2 Å². The highest BCUT2D eigenvalue weighted by Gasteiger charge is 2.50. The molecule has 0 radical (unpaired) electrons. The van der Waals surface area contributed by atoms with Crippen molar-refractivity contribution in [1.82, 2.24) is 5.32 Å². The van der Waals surface area contributed by atoms with Gasteiger partial charge in [-0.15, -0.1) is 0 Å². The highest BCUT2D eigenvalue weighted by atomic mass is 16.2. The maximum absolute atomic E-state index is 12.4. The first-order valence-corrected chi connectivity index (χ1v) is 7.14. The molecule has 0 aliphatic heterocycles. The van der Waals surface area contributed by atoms with E-state index in [1.54, 1.807) is 0 Å². The molecule has 1 unspecified atom stereocenters. The maximum atomic E-state index is 12.4. The second-order valence-corrected chi connectivity index (χ2v) is 6.05. The molecule has 1 aliphatic carbocycles. The number of carbonyl (C=O) groups is 1. The van der Waals surface area contributed by atoms with E-state index in [1.165, 1.54) is 0 Å². The van der Waals surface area contributed by atoms with Crippen LogP contribution < -0.4 is 11.1 Å². The molecule has 3 N–H and O–H groups in total. The van der Waals surface area contributed by atoms with Crippen molar-refractivity contribution in [1.29, 1.82) is 0 Å². The zero-order valence-corrected chi connectivity index (χ0v) is 11.9. The Bertz CT molecular complexity index is 424. The predicted molar refractivity (Wildman–Crippen MR) is 77.8 cm³/mol. The Kier molecular flexibility index (Phi) is 4.25. The molecule has 1 aliphatic rings. The number of nitrogens with one attached hydrogen (secondary N) is 1. The minimum Gasteiger partial charge on any atom is -0.354 e. The first-order chi connectivity index (χ1) is 9.04. The molecule has 1 aromatic rings. The summed E-state index contributed by atoms with van der Waals surface area (Å²) in [5.74, 6) is 0.703. The van der Waals surface area contributed by atoms with Gasteiger partial charge in [0.05, 0.1) is 5.41 Å². The van der Waals surface area contributed by atoms with Crippen LogP contribution in [0.2, 0.25) is 0 Å². The van der Waals surface area contributed by atoms with Crippen molar-refractivity contribution in [3.8, 4) is 0 Å². The quantitative estimate of drug-likeness (QED) is 0.824. The van der Waals surface area contributed by atoms with Crippen LogP contribution in [0.5, 0.6) is 0 Å². The van der Waals surface area contributed by atoms with E-state index in [0.29, 0.717) is 12.5 Å². The lowest BCUT2D eigenvalue weighted by molar-refractivity contribution is -0.123. The lowest BCUT2D eigenvalue weighted by Gasteiger charge is -2.19. The van der Waals surface area contributed by atoms with E-state index in [9.17, 15) is 4.79 Å². The van der Waals surface area contributed by atoms with Crippen LogP contribution >= 0.6 is 0 Å². The summed E-state index contributed by atoms with van der Waals surface area (Å²) in [4.78, 5) is 12.4. The minimum atomic E-state index is -0.279. The van der Waals surface area contributed by atoms with Crippen molar-refractivity contribution in [3.63, 3.8) is 0 Å². The second kappa shape index (κ2) is 5.74. The minimum absolute atomic E-state index is 0.0514. The molecule has 1 fully saturated rings. The number of benzene rings is 1. The van der Waals surface area contributed by atoms with Gasteiger partial charge in [0.1, 0.15) is 0 Å². The Balaban J connectivity index is 1.90. The SMILES string of the molecule is CC(C)CC(N)CNC(=O)C1(c2ccccc2)CC1. The Morgan fingerprint density at radius 2 is 1.95 bits per heavy atom. The molecule has 0 heterocycles. The van der Waals surface area contributed by atoms with Crippen molar-refractivity contribution in [3.05, 3.63) is 35.9 Å². The van der Waals surface area contributed by atoms with Crippen LogP contribution in [0.3, 0.4) is 0 Å². The summed E-state index contributed by atoms with van der Waals surface area (Å²) in [5, 5.41) is 3.03. The summed E-state index contributed by atoms with van der Waals surface area (Å²) in [7, 11) is 0. The van der Waals surface area contributed by atoms with E-state index >= 15 is 0 Å². The van der Waals surface area contributed by atoms with Crippen LogP contribution in [0.4, 0.5) is 0 Å². The number of amides is 1. The van der Waals surface area contributed by atoms with E-state index < -0.39 is 0 Å². The van der Waals surface area contributed by atoms with Gasteiger partial charge in [-0.05, 0) is 30.7 Å². The van der Waals surface area contributed by atoms with Gasteiger partial charge < -0.3 is 11.1 Å². The van der Waals surface area contributed by atoms with Gasteiger partial charge in [-0.2, -0.15) is 0 Å². The highest BCUT2D eigenvalue weighted by molar-refractivity contribution is 5.91. The number of rotatable bonds is 6. The van der Waals surface area contributed by atoms with Crippen LogP contribution in [0, 0.1) is 5.92 Å². The van der Waals surface area contributed by atoms with Gasteiger partial charge >= 0.3 is 0 Å². The van der Waals surface area contributed by atoms with Crippen molar-refractivity contribution < 1.29 is 4.79 Å². The number of hydrogen-bond acceptors (Lipinski definition) is 2. The molecule has 3 nitrogen and oxygen atoms in total. The lowest BCUT2D eigenvalue weighted by Crippen LogP contribution is -2.42. The molecule has 1 atom stereocenters. The summed E-state index contributed by atoms with van der Waals surface area (Å²) in [6.07, 6.45) is 2.84. The summed E-state index contributed by atoms with van der Waals surface area (Å²) >= 11 is 0. The fourth-order valence-corrected chi connectivity index (χ4v) is 2.61. The number of nitrogens with two attached hydrogens (primary N) is 1. The molecular formula is C16H24N2O. The van der Waals surface area contributed by atoms with E-state index in [0.717, 1.165) is 24.8 Å². The molecule has 19 heavy (non-hydrogen) atoms. The third-order valence-electron chi connectivity index (χ3n) is 3.81. The highest BCUT2D eigenvalue weighted by Crippen LogP contribution is 2.48. The van der Waals surface area contributed by atoms with Crippen molar-refractivity contribution in [2.24, 2.45) is 11.7 Å². The Hall–Kier alpha value is -1.35. The zero-order chi connectivity index (χ0) is 13.9.